The predicted molar refractivity (Wildman–Crippen MR) is 55.9 cm³/mol. The van der Waals surface area contributed by atoms with Crippen molar-refractivity contribution in [1.82, 2.24) is 15.0 Å². The Morgan fingerprint density at radius 3 is 2.50 bits per heavy atom. The Balaban J connectivity index is 1.94. The maximum atomic E-state index is 9.37. The van der Waals surface area contributed by atoms with E-state index >= 15 is 0 Å². The summed E-state index contributed by atoms with van der Waals surface area (Å²) >= 11 is 0. The molecule has 0 aliphatic carbocycles. The summed E-state index contributed by atoms with van der Waals surface area (Å²) in [5, 5.41) is 22.5. The van der Waals surface area contributed by atoms with Gasteiger partial charge >= 0.3 is 0 Å². The van der Waals surface area contributed by atoms with E-state index in [0.29, 0.717) is 31.5 Å². The van der Waals surface area contributed by atoms with Gasteiger partial charge in [-0.2, -0.15) is 4.98 Å². The third kappa shape index (κ3) is 2.31. The zero-order valence-electron chi connectivity index (χ0n) is 9.37. The molecule has 0 bridgehead atoms. The number of rotatable bonds is 3. The molecule has 2 unspecified atom stereocenters. The zero-order chi connectivity index (χ0) is 11.7. The molecule has 1 fully saturated rings. The van der Waals surface area contributed by atoms with Gasteiger partial charge in [0.25, 0.3) is 5.95 Å². The van der Waals surface area contributed by atoms with E-state index in [1.54, 1.807) is 4.90 Å². The number of hydrogen-bond donors (Lipinski definition) is 2. The van der Waals surface area contributed by atoms with Gasteiger partial charge in [-0.05, 0) is 5.16 Å². The molecule has 0 aromatic carbocycles. The number of anilines is 1. The van der Waals surface area contributed by atoms with Crippen LogP contribution in [0.1, 0.15) is 5.89 Å². The molecule has 0 spiro atoms. The Hall–Kier alpha value is -1.18. The average molecular weight is 228 g/mol. The van der Waals surface area contributed by atoms with E-state index in [0.717, 1.165) is 0 Å². The summed E-state index contributed by atoms with van der Waals surface area (Å²) in [6, 6.07) is 0. The molecule has 2 atom stereocenters. The molecule has 7 heteroatoms. The molecule has 0 radical (unpaired) electrons. The van der Waals surface area contributed by atoms with Crippen LogP contribution in [0.25, 0.3) is 0 Å². The first kappa shape index (κ1) is 11.3. The second-order valence-corrected chi connectivity index (χ2v) is 4.21. The molecule has 2 rings (SSSR count). The van der Waals surface area contributed by atoms with Gasteiger partial charge in [0, 0.05) is 27.2 Å². The van der Waals surface area contributed by atoms with Gasteiger partial charge in [-0.25, -0.2) is 0 Å². The summed E-state index contributed by atoms with van der Waals surface area (Å²) in [6.45, 7) is 1.32. The average Bonchev–Trinajstić information content (AvgIpc) is 2.76. The van der Waals surface area contributed by atoms with E-state index in [4.69, 9.17) is 4.52 Å². The lowest BCUT2D eigenvalue weighted by Gasteiger charge is -2.10. The van der Waals surface area contributed by atoms with E-state index < -0.39 is 12.2 Å². The Morgan fingerprint density at radius 1 is 1.38 bits per heavy atom. The van der Waals surface area contributed by atoms with Gasteiger partial charge in [0.05, 0.1) is 18.8 Å². The molecule has 2 N–H and O–H groups in total. The molecule has 1 aliphatic rings. The standard InChI is InChI=1S/C9H16N4O3/c1-12(2)9-10-8(16-11-9)5-13-3-6(14)7(15)4-13/h6-7,14-15H,3-5H2,1-2H3. The van der Waals surface area contributed by atoms with Crippen LogP contribution in [0.2, 0.25) is 0 Å². The van der Waals surface area contributed by atoms with Gasteiger partial charge in [-0.15, -0.1) is 0 Å². The van der Waals surface area contributed by atoms with Crippen LogP contribution in [0, 0.1) is 0 Å². The highest BCUT2D eigenvalue weighted by Crippen LogP contribution is 2.14. The van der Waals surface area contributed by atoms with Gasteiger partial charge < -0.3 is 19.6 Å². The topological polar surface area (TPSA) is 85.9 Å². The predicted octanol–water partition coefficient (Wildman–Crippen LogP) is -1.33. The normalized spacial score (nSPS) is 26.2. The quantitative estimate of drug-likeness (QED) is 0.663. The van der Waals surface area contributed by atoms with Crippen molar-refractivity contribution in [3.8, 4) is 0 Å². The molecule has 1 aliphatic heterocycles. The lowest BCUT2D eigenvalue weighted by molar-refractivity contribution is 0.0572. The number of aromatic nitrogens is 2. The third-order valence-corrected chi connectivity index (χ3v) is 2.55. The number of aliphatic hydroxyl groups excluding tert-OH is 2. The first-order valence-electron chi connectivity index (χ1n) is 5.14. The molecule has 1 aromatic heterocycles. The summed E-state index contributed by atoms with van der Waals surface area (Å²) in [6.07, 6.45) is -1.37. The lowest BCUT2D eigenvalue weighted by Crippen LogP contribution is -2.22. The highest BCUT2D eigenvalue weighted by atomic mass is 16.5. The van der Waals surface area contributed by atoms with Crippen molar-refractivity contribution in [3.05, 3.63) is 5.89 Å². The highest BCUT2D eigenvalue weighted by Gasteiger charge is 2.30. The van der Waals surface area contributed by atoms with Crippen LogP contribution in [0.5, 0.6) is 0 Å². The Labute approximate surface area is 93.3 Å². The summed E-state index contributed by atoms with van der Waals surface area (Å²) in [4.78, 5) is 7.79. The molecule has 1 saturated heterocycles. The van der Waals surface area contributed by atoms with Crippen LogP contribution in [0.4, 0.5) is 5.95 Å². The van der Waals surface area contributed by atoms with Crippen molar-refractivity contribution >= 4 is 5.95 Å². The van der Waals surface area contributed by atoms with E-state index in [2.05, 4.69) is 10.1 Å². The molecular formula is C9H16N4O3. The van der Waals surface area contributed by atoms with Crippen LogP contribution in [0.15, 0.2) is 4.52 Å². The molecular weight excluding hydrogens is 212 g/mol. The third-order valence-electron chi connectivity index (χ3n) is 2.55. The van der Waals surface area contributed by atoms with Crippen molar-refractivity contribution in [2.45, 2.75) is 18.8 Å². The van der Waals surface area contributed by atoms with E-state index in [1.165, 1.54) is 0 Å². The number of hydrogen-bond acceptors (Lipinski definition) is 7. The van der Waals surface area contributed by atoms with E-state index in [-0.39, 0.29) is 0 Å². The van der Waals surface area contributed by atoms with E-state index in [9.17, 15) is 10.2 Å². The van der Waals surface area contributed by atoms with Gasteiger partial charge in [-0.3, -0.25) is 4.90 Å². The summed E-state index contributed by atoms with van der Waals surface area (Å²) in [5.41, 5.74) is 0. The minimum Gasteiger partial charge on any atom is -0.389 e. The van der Waals surface area contributed by atoms with E-state index in [1.807, 2.05) is 19.0 Å². The first-order valence-corrected chi connectivity index (χ1v) is 5.14. The molecule has 1 aromatic rings. The second-order valence-electron chi connectivity index (χ2n) is 4.21. The van der Waals surface area contributed by atoms with Crippen molar-refractivity contribution in [2.24, 2.45) is 0 Å². The van der Waals surface area contributed by atoms with Gasteiger partial charge in [-0.1, -0.05) is 0 Å². The van der Waals surface area contributed by atoms with Crippen molar-refractivity contribution in [2.75, 3.05) is 32.1 Å². The largest absolute Gasteiger partial charge is 0.389 e. The molecule has 16 heavy (non-hydrogen) atoms. The number of aliphatic hydroxyl groups is 2. The maximum Gasteiger partial charge on any atom is 0.265 e. The van der Waals surface area contributed by atoms with Crippen LogP contribution in [-0.4, -0.2) is 64.6 Å². The van der Waals surface area contributed by atoms with Gasteiger partial charge in [0.1, 0.15) is 0 Å². The Bertz CT molecular complexity index is 344. The number of β-amino-alcohol motifs (C(OH)–C–C–N with tert-alkyl or cyclic N) is 2. The van der Waals surface area contributed by atoms with Crippen molar-refractivity contribution in [1.29, 1.82) is 0 Å². The molecule has 0 saturated carbocycles. The molecule has 7 nitrogen and oxygen atoms in total. The fraction of sp³-hybridized carbons (Fsp3) is 0.778. The lowest BCUT2D eigenvalue weighted by atomic mass is 10.3. The molecule has 90 valence electrons. The fourth-order valence-corrected chi connectivity index (χ4v) is 1.66. The van der Waals surface area contributed by atoms with Gasteiger partial charge in [0.2, 0.25) is 5.89 Å². The van der Waals surface area contributed by atoms with Crippen LogP contribution in [-0.2, 0) is 6.54 Å². The Kier molecular flexibility index (Phi) is 3.08. The zero-order valence-corrected chi connectivity index (χ0v) is 9.37. The van der Waals surface area contributed by atoms with Crippen molar-refractivity contribution < 1.29 is 14.7 Å². The summed E-state index contributed by atoms with van der Waals surface area (Å²) in [7, 11) is 3.66. The SMILES string of the molecule is CN(C)c1noc(CN2CC(O)C(O)C2)n1. The Morgan fingerprint density at radius 2 is 2.00 bits per heavy atom. The number of likely N-dealkylation sites (tertiary alicyclic amines) is 1. The second kappa shape index (κ2) is 4.36. The highest BCUT2D eigenvalue weighted by molar-refractivity contribution is 5.23. The van der Waals surface area contributed by atoms with Crippen molar-refractivity contribution in [3.63, 3.8) is 0 Å². The first-order chi connectivity index (χ1) is 7.56. The maximum absolute atomic E-state index is 9.37. The summed E-state index contributed by atoms with van der Waals surface area (Å²) < 4.78 is 5.05. The van der Waals surface area contributed by atoms with Crippen LogP contribution >= 0.6 is 0 Å². The monoisotopic (exact) mass is 228 g/mol. The fourth-order valence-electron chi connectivity index (χ4n) is 1.66. The van der Waals surface area contributed by atoms with Gasteiger partial charge in [0.15, 0.2) is 0 Å². The molecule has 2 heterocycles. The smallest absolute Gasteiger partial charge is 0.265 e. The van der Waals surface area contributed by atoms with Crippen LogP contribution in [0.3, 0.4) is 0 Å². The van der Waals surface area contributed by atoms with Crippen LogP contribution < -0.4 is 4.90 Å². The minimum atomic E-state index is -0.684. The molecule has 0 amide bonds. The summed E-state index contributed by atoms with van der Waals surface area (Å²) in [5.74, 6) is 1.01. The minimum absolute atomic E-state index is 0.431. The number of nitrogens with zero attached hydrogens (tertiary/aromatic N) is 4.